The van der Waals surface area contributed by atoms with E-state index in [4.69, 9.17) is 4.74 Å². The highest BCUT2D eigenvalue weighted by atomic mass is 16.5. The summed E-state index contributed by atoms with van der Waals surface area (Å²) < 4.78 is 5.57. The number of likely N-dealkylation sites (tertiary alicyclic amines) is 2. The number of likely N-dealkylation sites (N-methyl/N-ethyl adjacent to an activating group) is 1. The van der Waals surface area contributed by atoms with Crippen molar-refractivity contribution in [2.45, 2.75) is 44.2 Å². The molecule has 6 nitrogen and oxygen atoms in total. The van der Waals surface area contributed by atoms with E-state index in [-0.39, 0.29) is 18.4 Å². The van der Waals surface area contributed by atoms with Crippen molar-refractivity contribution < 1.29 is 14.3 Å². The highest BCUT2D eigenvalue weighted by Crippen LogP contribution is 2.38. The van der Waals surface area contributed by atoms with Crippen LogP contribution in [0.4, 0.5) is 0 Å². The number of rotatable bonds is 5. The van der Waals surface area contributed by atoms with Gasteiger partial charge in [0.15, 0.2) is 6.61 Å². The van der Waals surface area contributed by atoms with Crippen LogP contribution >= 0.6 is 0 Å². The van der Waals surface area contributed by atoms with Crippen LogP contribution in [0, 0.1) is 5.92 Å². The molecular weight excluding hydrogens is 354 g/mol. The molecular formula is C22H31N3O3. The molecule has 28 heavy (non-hydrogen) atoms. The van der Waals surface area contributed by atoms with E-state index < -0.39 is 0 Å². The van der Waals surface area contributed by atoms with Crippen LogP contribution in [0.2, 0.25) is 0 Å². The van der Waals surface area contributed by atoms with Gasteiger partial charge in [-0.05, 0) is 62.8 Å². The molecule has 1 saturated carbocycles. The van der Waals surface area contributed by atoms with Crippen LogP contribution in [0.1, 0.15) is 42.5 Å². The number of carbonyl (C=O) groups excluding carboxylic acids is 2. The molecule has 0 N–H and O–H groups in total. The van der Waals surface area contributed by atoms with Crippen molar-refractivity contribution in [3.8, 4) is 5.75 Å². The van der Waals surface area contributed by atoms with E-state index in [1.807, 2.05) is 17.0 Å². The predicted molar refractivity (Wildman–Crippen MR) is 107 cm³/mol. The molecule has 2 atom stereocenters. The lowest BCUT2D eigenvalue weighted by Gasteiger charge is -2.47. The van der Waals surface area contributed by atoms with Crippen molar-refractivity contribution in [3.05, 3.63) is 29.8 Å². The van der Waals surface area contributed by atoms with Gasteiger partial charge in [0.25, 0.3) is 11.8 Å². The van der Waals surface area contributed by atoms with Gasteiger partial charge in [0.1, 0.15) is 5.75 Å². The first kappa shape index (κ1) is 19.2. The standard InChI is InChI=1S/C22H31N3O3/c1-23(2)21(26)15-28-19-7-3-5-16(13-19)22(27)24-12-10-20-17(14-24)6-4-11-25(20)18-8-9-18/h3,5,7,13,17-18,20H,4,6,8-12,14-15H2,1-2H3/t17-,20-/m1/s1. The molecule has 1 aliphatic carbocycles. The molecule has 2 aliphatic heterocycles. The zero-order chi connectivity index (χ0) is 19.7. The molecule has 2 amide bonds. The maximum Gasteiger partial charge on any atom is 0.259 e. The number of nitrogens with zero attached hydrogens (tertiary/aromatic N) is 3. The monoisotopic (exact) mass is 385 g/mol. The van der Waals surface area contributed by atoms with Crippen LogP contribution in [0.5, 0.6) is 5.75 Å². The fourth-order valence-electron chi connectivity index (χ4n) is 4.66. The molecule has 0 bridgehead atoms. The minimum Gasteiger partial charge on any atom is -0.484 e. The molecule has 1 aromatic rings. The van der Waals surface area contributed by atoms with Gasteiger partial charge in [0, 0.05) is 44.8 Å². The second kappa shape index (κ2) is 8.11. The van der Waals surface area contributed by atoms with Gasteiger partial charge in [-0.2, -0.15) is 0 Å². The summed E-state index contributed by atoms with van der Waals surface area (Å²) in [6.07, 6.45) is 6.28. The van der Waals surface area contributed by atoms with E-state index in [0.29, 0.717) is 23.3 Å². The van der Waals surface area contributed by atoms with E-state index in [1.165, 1.54) is 37.1 Å². The molecule has 4 rings (SSSR count). The number of hydrogen-bond donors (Lipinski definition) is 0. The third-order valence-electron chi connectivity index (χ3n) is 6.36. The molecule has 0 spiro atoms. The molecule has 1 aromatic carbocycles. The Balaban J connectivity index is 1.38. The van der Waals surface area contributed by atoms with Crippen LogP contribution in [0.3, 0.4) is 0 Å². The van der Waals surface area contributed by atoms with E-state index in [2.05, 4.69) is 4.90 Å². The lowest BCUT2D eigenvalue weighted by molar-refractivity contribution is -0.130. The zero-order valence-corrected chi connectivity index (χ0v) is 17.0. The summed E-state index contributed by atoms with van der Waals surface area (Å²) in [7, 11) is 3.40. The summed E-state index contributed by atoms with van der Waals surface area (Å²) in [6, 6.07) is 8.69. The highest BCUT2D eigenvalue weighted by Gasteiger charge is 2.42. The first-order valence-corrected chi connectivity index (χ1v) is 10.5. The topological polar surface area (TPSA) is 53.1 Å². The molecule has 3 fully saturated rings. The number of fused-ring (bicyclic) bond motifs is 1. The van der Waals surface area contributed by atoms with Crippen molar-refractivity contribution in [1.29, 1.82) is 0 Å². The Morgan fingerprint density at radius 2 is 1.96 bits per heavy atom. The summed E-state index contributed by atoms with van der Waals surface area (Å²) in [5, 5.41) is 0. The van der Waals surface area contributed by atoms with E-state index in [0.717, 1.165) is 25.6 Å². The summed E-state index contributed by atoms with van der Waals surface area (Å²) in [5.74, 6) is 1.14. The molecule has 0 unspecified atom stereocenters. The largest absolute Gasteiger partial charge is 0.484 e. The number of carbonyl (C=O) groups is 2. The Morgan fingerprint density at radius 3 is 2.71 bits per heavy atom. The fraction of sp³-hybridized carbons (Fsp3) is 0.636. The molecule has 6 heteroatoms. The van der Waals surface area contributed by atoms with Crippen molar-refractivity contribution in [3.63, 3.8) is 0 Å². The van der Waals surface area contributed by atoms with Gasteiger partial charge in [0.05, 0.1) is 0 Å². The van der Waals surface area contributed by atoms with Crippen molar-refractivity contribution in [2.75, 3.05) is 40.3 Å². The molecule has 152 valence electrons. The van der Waals surface area contributed by atoms with Crippen LogP contribution in [0.15, 0.2) is 24.3 Å². The zero-order valence-electron chi connectivity index (χ0n) is 17.0. The third kappa shape index (κ3) is 4.17. The van der Waals surface area contributed by atoms with Crippen molar-refractivity contribution in [2.24, 2.45) is 5.92 Å². The summed E-state index contributed by atoms with van der Waals surface area (Å²) >= 11 is 0. The van der Waals surface area contributed by atoms with E-state index in [9.17, 15) is 9.59 Å². The first-order chi connectivity index (χ1) is 13.5. The minimum absolute atomic E-state index is 0.0187. The van der Waals surface area contributed by atoms with Gasteiger partial charge in [0.2, 0.25) is 0 Å². The average molecular weight is 386 g/mol. The number of benzene rings is 1. The summed E-state index contributed by atoms with van der Waals surface area (Å²) in [5.41, 5.74) is 0.642. The van der Waals surface area contributed by atoms with Gasteiger partial charge in [-0.1, -0.05) is 6.07 Å². The predicted octanol–water partition coefficient (Wildman–Crippen LogP) is 2.24. The van der Waals surface area contributed by atoms with Crippen LogP contribution in [-0.2, 0) is 4.79 Å². The summed E-state index contributed by atoms with van der Waals surface area (Å²) in [6.45, 7) is 2.91. The SMILES string of the molecule is CN(C)C(=O)COc1cccc(C(=O)N2CC[C@@H]3[C@H](CCCN3C3CC3)C2)c1. The van der Waals surface area contributed by atoms with Crippen LogP contribution < -0.4 is 4.74 Å². The molecule has 0 aromatic heterocycles. The smallest absolute Gasteiger partial charge is 0.259 e. The van der Waals surface area contributed by atoms with Gasteiger partial charge in [-0.15, -0.1) is 0 Å². The molecule has 0 radical (unpaired) electrons. The minimum atomic E-state index is -0.101. The molecule has 2 saturated heterocycles. The fourth-order valence-corrected chi connectivity index (χ4v) is 4.66. The Bertz CT molecular complexity index is 731. The Kier molecular flexibility index (Phi) is 5.58. The van der Waals surface area contributed by atoms with Crippen molar-refractivity contribution >= 4 is 11.8 Å². The molecule has 3 aliphatic rings. The van der Waals surface area contributed by atoms with Crippen molar-refractivity contribution in [1.82, 2.24) is 14.7 Å². The Labute approximate surface area is 167 Å². The van der Waals surface area contributed by atoms with E-state index >= 15 is 0 Å². The molecule has 2 heterocycles. The van der Waals surface area contributed by atoms with Gasteiger partial charge in [-0.3, -0.25) is 14.5 Å². The number of hydrogen-bond acceptors (Lipinski definition) is 4. The number of amides is 2. The van der Waals surface area contributed by atoms with Gasteiger partial charge >= 0.3 is 0 Å². The van der Waals surface area contributed by atoms with Crippen LogP contribution in [-0.4, -0.2) is 78.9 Å². The third-order valence-corrected chi connectivity index (χ3v) is 6.36. The lowest BCUT2D eigenvalue weighted by Crippen LogP contribution is -2.55. The number of ether oxygens (including phenoxy) is 1. The maximum absolute atomic E-state index is 13.1. The first-order valence-electron chi connectivity index (χ1n) is 10.5. The average Bonchev–Trinajstić information content (AvgIpc) is 3.56. The number of piperidine rings is 2. The Hall–Kier alpha value is -2.08. The van der Waals surface area contributed by atoms with E-state index in [1.54, 1.807) is 26.2 Å². The maximum atomic E-state index is 13.1. The summed E-state index contributed by atoms with van der Waals surface area (Å²) in [4.78, 5) is 31.0. The van der Waals surface area contributed by atoms with Gasteiger partial charge in [-0.25, -0.2) is 0 Å². The second-order valence-corrected chi connectivity index (χ2v) is 8.58. The highest BCUT2D eigenvalue weighted by molar-refractivity contribution is 5.94. The normalized spacial score (nSPS) is 25.1. The van der Waals surface area contributed by atoms with Gasteiger partial charge < -0.3 is 14.5 Å². The quantitative estimate of drug-likeness (QED) is 0.780. The lowest BCUT2D eigenvalue weighted by atomic mass is 9.83. The van der Waals surface area contributed by atoms with Crippen LogP contribution in [0.25, 0.3) is 0 Å². The second-order valence-electron chi connectivity index (χ2n) is 8.58. The Morgan fingerprint density at radius 1 is 1.14 bits per heavy atom.